The Balaban J connectivity index is 1.43. The average molecular weight is 423 g/mol. The Kier molecular flexibility index (Phi) is 5.47. The van der Waals surface area contributed by atoms with Gasteiger partial charge in [0.15, 0.2) is 5.82 Å². The average Bonchev–Trinajstić information content (AvgIpc) is 3.34. The number of aromatic nitrogens is 4. The Morgan fingerprint density at radius 3 is 2.70 bits per heavy atom. The first kappa shape index (κ1) is 20.0. The third-order valence-electron chi connectivity index (χ3n) is 4.35. The van der Waals surface area contributed by atoms with Crippen LogP contribution in [0.15, 0.2) is 58.1 Å². The molecule has 9 heteroatoms. The third kappa shape index (κ3) is 4.64. The standard InChI is InChI=1S/C21H21N5O3S/c1-14(2)26-30(27,28)18-8-4-15(5-9-18)6-10-21-23-20(25-29-21)12-16-3-7-17-13-22-24-19(17)11-16/h3-11,13-14,26H,12H2,1-2H3,(H,22,24)/b10-6+. The Hall–Kier alpha value is -3.30. The molecule has 0 saturated heterocycles. The van der Waals surface area contributed by atoms with Crippen molar-refractivity contribution in [3.63, 3.8) is 0 Å². The van der Waals surface area contributed by atoms with E-state index in [1.807, 2.05) is 18.2 Å². The van der Waals surface area contributed by atoms with Gasteiger partial charge >= 0.3 is 0 Å². The molecule has 2 heterocycles. The van der Waals surface area contributed by atoms with Gasteiger partial charge in [-0.2, -0.15) is 10.1 Å². The molecule has 0 saturated carbocycles. The van der Waals surface area contributed by atoms with Crippen molar-refractivity contribution in [1.29, 1.82) is 0 Å². The minimum atomic E-state index is -3.50. The third-order valence-corrected chi connectivity index (χ3v) is 6.03. The molecule has 2 N–H and O–H groups in total. The van der Waals surface area contributed by atoms with Crippen molar-refractivity contribution in [3.05, 3.63) is 71.5 Å². The highest BCUT2D eigenvalue weighted by molar-refractivity contribution is 7.89. The van der Waals surface area contributed by atoms with Gasteiger partial charge in [0.05, 0.1) is 16.6 Å². The van der Waals surface area contributed by atoms with Crippen LogP contribution in [0.2, 0.25) is 0 Å². The molecular weight excluding hydrogens is 402 g/mol. The first-order valence-electron chi connectivity index (χ1n) is 9.44. The van der Waals surface area contributed by atoms with Crippen molar-refractivity contribution < 1.29 is 12.9 Å². The number of hydrogen-bond acceptors (Lipinski definition) is 6. The van der Waals surface area contributed by atoms with E-state index in [0.717, 1.165) is 22.0 Å². The molecule has 0 unspecified atom stereocenters. The molecule has 4 aromatic rings. The van der Waals surface area contributed by atoms with E-state index in [2.05, 4.69) is 25.1 Å². The fourth-order valence-electron chi connectivity index (χ4n) is 2.99. The summed E-state index contributed by atoms with van der Waals surface area (Å²) in [5, 5.41) is 12.0. The minimum Gasteiger partial charge on any atom is -0.335 e. The maximum Gasteiger partial charge on any atom is 0.250 e. The summed E-state index contributed by atoms with van der Waals surface area (Å²) in [5.41, 5.74) is 2.84. The summed E-state index contributed by atoms with van der Waals surface area (Å²) in [6, 6.07) is 12.4. The van der Waals surface area contributed by atoms with Crippen molar-refractivity contribution in [1.82, 2.24) is 25.1 Å². The predicted octanol–water partition coefficient (Wildman–Crippen LogP) is 3.39. The van der Waals surface area contributed by atoms with Crippen LogP contribution in [0.4, 0.5) is 0 Å². The molecule has 0 aliphatic heterocycles. The van der Waals surface area contributed by atoms with Crippen LogP contribution >= 0.6 is 0 Å². The van der Waals surface area contributed by atoms with E-state index in [1.165, 1.54) is 0 Å². The van der Waals surface area contributed by atoms with Gasteiger partial charge < -0.3 is 4.52 Å². The molecule has 0 bridgehead atoms. The molecular formula is C21H21N5O3S. The van der Waals surface area contributed by atoms with Crippen LogP contribution < -0.4 is 4.72 Å². The van der Waals surface area contributed by atoms with Crippen LogP contribution in [-0.2, 0) is 16.4 Å². The maximum atomic E-state index is 12.2. The SMILES string of the molecule is CC(C)NS(=O)(=O)c1ccc(/C=C/c2nc(Cc3ccc4cn[nH]c4c3)no2)cc1. The quantitative estimate of drug-likeness (QED) is 0.471. The zero-order valence-corrected chi connectivity index (χ0v) is 17.3. The van der Waals surface area contributed by atoms with Gasteiger partial charge in [-0.05, 0) is 49.2 Å². The van der Waals surface area contributed by atoms with Crippen molar-refractivity contribution in [3.8, 4) is 0 Å². The molecule has 2 aromatic carbocycles. The first-order valence-corrected chi connectivity index (χ1v) is 10.9. The molecule has 0 aliphatic rings. The van der Waals surface area contributed by atoms with Crippen LogP contribution in [0.1, 0.15) is 36.7 Å². The molecule has 0 spiro atoms. The first-order chi connectivity index (χ1) is 14.4. The number of sulfonamides is 1. The molecule has 0 aliphatic carbocycles. The molecule has 8 nitrogen and oxygen atoms in total. The minimum absolute atomic E-state index is 0.164. The smallest absolute Gasteiger partial charge is 0.250 e. The van der Waals surface area contributed by atoms with Crippen molar-refractivity contribution in [2.24, 2.45) is 0 Å². The number of hydrogen-bond donors (Lipinski definition) is 2. The van der Waals surface area contributed by atoms with Crippen molar-refractivity contribution >= 4 is 33.1 Å². The van der Waals surface area contributed by atoms with E-state index in [0.29, 0.717) is 18.1 Å². The van der Waals surface area contributed by atoms with E-state index < -0.39 is 10.0 Å². The fourth-order valence-corrected chi connectivity index (χ4v) is 4.24. The normalized spacial score (nSPS) is 12.4. The molecule has 0 radical (unpaired) electrons. The predicted molar refractivity (Wildman–Crippen MR) is 114 cm³/mol. The molecule has 0 fully saturated rings. The molecule has 0 atom stereocenters. The Morgan fingerprint density at radius 2 is 1.93 bits per heavy atom. The molecule has 30 heavy (non-hydrogen) atoms. The van der Waals surface area contributed by atoms with E-state index in [-0.39, 0.29) is 10.9 Å². The lowest BCUT2D eigenvalue weighted by Gasteiger charge is -2.09. The number of benzene rings is 2. The van der Waals surface area contributed by atoms with Gasteiger partial charge in [-0.1, -0.05) is 29.4 Å². The summed E-state index contributed by atoms with van der Waals surface area (Å²) in [7, 11) is -3.50. The number of nitrogens with zero attached hydrogens (tertiary/aromatic N) is 3. The highest BCUT2D eigenvalue weighted by atomic mass is 32.2. The second-order valence-electron chi connectivity index (χ2n) is 7.20. The summed E-state index contributed by atoms with van der Waals surface area (Å²) in [6.07, 6.45) is 5.81. The second kappa shape index (κ2) is 8.21. The van der Waals surface area contributed by atoms with Crippen molar-refractivity contribution in [2.45, 2.75) is 31.2 Å². The Morgan fingerprint density at radius 1 is 1.13 bits per heavy atom. The van der Waals surface area contributed by atoms with E-state index >= 15 is 0 Å². The molecule has 0 amide bonds. The van der Waals surface area contributed by atoms with Gasteiger partial charge in [0, 0.05) is 23.9 Å². The summed E-state index contributed by atoms with van der Waals surface area (Å²) in [5.74, 6) is 0.959. The van der Waals surface area contributed by atoms with Crippen LogP contribution in [0, 0.1) is 0 Å². The Bertz CT molecular complexity index is 1290. The lowest BCUT2D eigenvalue weighted by molar-refractivity contribution is 0.404. The monoisotopic (exact) mass is 423 g/mol. The van der Waals surface area contributed by atoms with E-state index in [1.54, 1.807) is 56.5 Å². The summed E-state index contributed by atoms with van der Waals surface area (Å²) in [6.45, 7) is 3.56. The molecule has 2 aromatic heterocycles. The fraction of sp³-hybridized carbons (Fsp3) is 0.190. The second-order valence-corrected chi connectivity index (χ2v) is 8.91. The number of H-pyrrole nitrogens is 1. The highest BCUT2D eigenvalue weighted by Gasteiger charge is 2.14. The van der Waals surface area contributed by atoms with Crippen LogP contribution in [-0.4, -0.2) is 34.8 Å². The maximum absolute atomic E-state index is 12.2. The largest absolute Gasteiger partial charge is 0.335 e. The molecule has 154 valence electrons. The van der Waals surface area contributed by atoms with Crippen LogP contribution in [0.3, 0.4) is 0 Å². The number of nitrogens with one attached hydrogen (secondary N) is 2. The summed E-state index contributed by atoms with van der Waals surface area (Å²) in [4.78, 5) is 4.61. The van der Waals surface area contributed by atoms with Crippen LogP contribution in [0.5, 0.6) is 0 Å². The number of fused-ring (bicyclic) bond motifs is 1. The topological polar surface area (TPSA) is 114 Å². The zero-order chi connectivity index (χ0) is 21.1. The van der Waals surface area contributed by atoms with E-state index in [9.17, 15) is 8.42 Å². The molecule has 4 rings (SSSR count). The van der Waals surface area contributed by atoms with Gasteiger partial charge in [-0.3, -0.25) is 5.10 Å². The van der Waals surface area contributed by atoms with E-state index in [4.69, 9.17) is 4.52 Å². The van der Waals surface area contributed by atoms with Gasteiger partial charge in [0.2, 0.25) is 10.0 Å². The highest BCUT2D eigenvalue weighted by Crippen LogP contribution is 2.16. The zero-order valence-electron chi connectivity index (χ0n) is 16.5. The lowest BCUT2D eigenvalue weighted by atomic mass is 10.1. The van der Waals surface area contributed by atoms with Crippen molar-refractivity contribution in [2.75, 3.05) is 0 Å². The Labute approximate surface area is 174 Å². The van der Waals surface area contributed by atoms with Crippen LogP contribution in [0.25, 0.3) is 23.1 Å². The van der Waals surface area contributed by atoms with Gasteiger partial charge in [0.25, 0.3) is 5.89 Å². The number of rotatable bonds is 7. The summed E-state index contributed by atoms with van der Waals surface area (Å²) >= 11 is 0. The van der Waals surface area contributed by atoms with Gasteiger partial charge in [0.1, 0.15) is 0 Å². The number of aromatic amines is 1. The lowest BCUT2D eigenvalue weighted by Crippen LogP contribution is -2.30. The van der Waals surface area contributed by atoms with Gasteiger partial charge in [-0.15, -0.1) is 0 Å². The van der Waals surface area contributed by atoms with Gasteiger partial charge in [-0.25, -0.2) is 13.1 Å². The summed E-state index contributed by atoms with van der Waals surface area (Å²) < 4.78 is 32.2.